The first-order valence-corrected chi connectivity index (χ1v) is 5.36. The molecule has 0 saturated carbocycles. The van der Waals surface area contributed by atoms with Crippen molar-refractivity contribution in [3.8, 4) is 0 Å². The Morgan fingerprint density at radius 3 is 2.38 bits per heavy atom. The van der Waals surface area contributed by atoms with Gasteiger partial charge in [-0.25, -0.2) is 0 Å². The predicted octanol–water partition coefficient (Wildman–Crippen LogP) is 2.70. The molecule has 0 heterocycles. The first-order chi connectivity index (χ1) is 7.63. The monoisotopic (exact) mass is 217 g/mol. The second-order valence-electron chi connectivity index (χ2n) is 3.95. The molecule has 0 amide bonds. The molecule has 0 aliphatic heterocycles. The van der Waals surface area contributed by atoms with Gasteiger partial charge in [0.1, 0.15) is 0 Å². The van der Waals surface area contributed by atoms with Gasteiger partial charge >= 0.3 is 0 Å². The van der Waals surface area contributed by atoms with Crippen LogP contribution in [0.4, 0.5) is 5.69 Å². The van der Waals surface area contributed by atoms with E-state index in [1.165, 1.54) is 5.69 Å². The molecule has 0 aliphatic carbocycles. The lowest BCUT2D eigenvalue weighted by molar-refractivity contribution is 0.342. The van der Waals surface area contributed by atoms with Crippen molar-refractivity contribution in [3.05, 3.63) is 47.6 Å². The van der Waals surface area contributed by atoms with Crippen LogP contribution in [0.5, 0.6) is 0 Å². The molecule has 0 fully saturated rings. The lowest BCUT2D eigenvalue weighted by Gasteiger charge is -2.11. The molecule has 0 saturated heterocycles. The number of aliphatic hydroxyl groups excluding tert-OH is 1. The van der Waals surface area contributed by atoms with Gasteiger partial charge in [-0.2, -0.15) is 0 Å². The van der Waals surface area contributed by atoms with Crippen molar-refractivity contribution >= 4 is 11.8 Å². The second-order valence-corrected chi connectivity index (χ2v) is 3.95. The zero-order valence-corrected chi connectivity index (χ0v) is 10.1. The lowest BCUT2D eigenvalue weighted by atomic mass is 10.1. The van der Waals surface area contributed by atoms with Gasteiger partial charge in [0, 0.05) is 19.8 Å². The van der Waals surface area contributed by atoms with Crippen molar-refractivity contribution < 1.29 is 5.11 Å². The summed E-state index contributed by atoms with van der Waals surface area (Å²) in [5.74, 6) is 0. The maximum Gasteiger partial charge on any atom is 0.0617 e. The largest absolute Gasteiger partial charge is 0.392 e. The van der Waals surface area contributed by atoms with Crippen LogP contribution in [0.2, 0.25) is 0 Å². The van der Waals surface area contributed by atoms with E-state index in [4.69, 9.17) is 5.11 Å². The van der Waals surface area contributed by atoms with Crippen LogP contribution < -0.4 is 4.90 Å². The van der Waals surface area contributed by atoms with Crippen LogP contribution in [0.15, 0.2) is 42.0 Å². The van der Waals surface area contributed by atoms with E-state index in [0.29, 0.717) is 0 Å². The van der Waals surface area contributed by atoms with Crippen molar-refractivity contribution in [2.24, 2.45) is 0 Å². The number of rotatable bonds is 4. The minimum atomic E-state index is 0.0930. The van der Waals surface area contributed by atoms with Gasteiger partial charge in [-0.3, -0.25) is 0 Å². The Hall–Kier alpha value is -1.54. The summed E-state index contributed by atoms with van der Waals surface area (Å²) in [7, 11) is 4.05. The number of aliphatic hydroxyl groups is 1. The Morgan fingerprint density at radius 1 is 1.25 bits per heavy atom. The van der Waals surface area contributed by atoms with Gasteiger partial charge < -0.3 is 10.0 Å². The highest BCUT2D eigenvalue weighted by atomic mass is 16.2. The molecule has 0 aromatic heterocycles. The van der Waals surface area contributed by atoms with Crippen LogP contribution in [-0.4, -0.2) is 25.8 Å². The Balaban J connectivity index is 2.72. The molecule has 0 bridgehead atoms. The van der Waals surface area contributed by atoms with Crippen molar-refractivity contribution in [3.63, 3.8) is 0 Å². The summed E-state index contributed by atoms with van der Waals surface area (Å²) in [6, 6.07) is 8.34. The van der Waals surface area contributed by atoms with Crippen LogP contribution in [0.25, 0.3) is 6.08 Å². The minimum absolute atomic E-state index is 0.0930. The van der Waals surface area contributed by atoms with E-state index in [1.54, 1.807) is 6.08 Å². The number of hydrogen-bond donors (Lipinski definition) is 1. The minimum Gasteiger partial charge on any atom is -0.392 e. The van der Waals surface area contributed by atoms with Gasteiger partial charge in [0.25, 0.3) is 0 Å². The van der Waals surface area contributed by atoms with E-state index in [-0.39, 0.29) is 6.61 Å². The molecule has 16 heavy (non-hydrogen) atoms. The smallest absolute Gasteiger partial charge is 0.0617 e. The molecule has 86 valence electrons. The highest BCUT2D eigenvalue weighted by molar-refractivity contribution is 5.57. The predicted molar refractivity (Wildman–Crippen MR) is 70.6 cm³/mol. The second kappa shape index (κ2) is 6.13. The molecule has 0 aliphatic rings. The van der Waals surface area contributed by atoms with Crippen molar-refractivity contribution in [2.45, 2.75) is 6.92 Å². The Kier molecular flexibility index (Phi) is 4.80. The normalized spacial score (nSPS) is 12.1. The summed E-state index contributed by atoms with van der Waals surface area (Å²) in [5.41, 5.74) is 3.43. The van der Waals surface area contributed by atoms with Crippen LogP contribution in [0.3, 0.4) is 0 Å². The highest BCUT2D eigenvalue weighted by Crippen LogP contribution is 2.13. The first kappa shape index (κ1) is 12.5. The lowest BCUT2D eigenvalue weighted by Crippen LogP contribution is -2.07. The SMILES string of the molecule is CC(/C=C/c1ccc(N(C)C)cc1)=C\CO. The Bertz CT molecular complexity index is 374. The quantitative estimate of drug-likeness (QED) is 0.784. The molecule has 0 unspecified atom stereocenters. The van der Waals surface area contributed by atoms with E-state index >= 15 is 0 Å². The number of benzene rings is 1. The summed E-state index contributed by atoms with van der Waals surface area (Å²) in [5, 5.41) is 8.72. The Morgan fingerprint density at radius 2 is 1.88 bits per heavy atom. The highest BCUT2D eigenvalue weighted by Gasteiger charge is 1.93. The third-order valence-corrected chi connectivity index (χ3v) is 2.36. The molecule has 0 atom stereocenters. The first-order valence-electron chi connectivity index (χ1n) is 5.36. The van der Waals surface area contributed by atoms with Crippen LogP contribution in [0, 0.1) is 0 Å². The molecular weight excluding hydrogens is 198 g/mol. The molecule has 1 aromatic rings. The van der Waals surface area contributed by atoms with Crippen LogP contribution in [0.1, 0.15) is 12.5 Å². The molecule has 0 spiro atoms. The van der Waals surface area contributed by atoms with Gasteiger partial charge in [0.05, 0.1) is 6.61 Å². The fraction of sp³-hybridized carbons (Fsp3) is 0.286. The molecule has 2 nitrogen and oxygen atoms in total. The van der Waals surface area contributed by atoms with Gasteiger partial charge in [-0.15, -0.1) is 0 Å². The van der Waals surface area contributed by atoms with E-state index in [9.17, 15) is 0 Å². The van der Waals surface area contributed by atoms with E-state index in [2.05, 4.69) is 29.2 Å². The van der Waals surface area contributed by atoms with E-state index in [1.807, 2.05) is 33.2 Å². The fourth-order valence-electron chi connectivity index (χ4n) is 1.32. The molecule has 2 heteroatoms. The van der Waals surface area contributed by atoms with Gasteiger partial charge in [-0.05, 0) is 24.6 Å². The summed E-state index contributed by atoms with van der Waals surface area (Å²) in [4.78, 5) is 2.07. The fourth-order valence-corrected chi connectivity index (χ4v) is 1.32. The van der Waals surface area contributed by atoms with Gasteiger partial charge in [-0.1, -0.05) is 35.9 Å². The van der Waals surface area contributed by atoms with E-state index in [0.717, 1.165) is 11.1 Å². The number of anilines is 1. The van der Waals surface area contributed by atoms with Crippen molar-refractivity contribution in [2.75, 3.05) is 25.6 Å². The average molecular weight is 217 g/mol. The van der Waals surface area contributed by atoms with Crippen molar-refractivity contribution in [1.29, 1.82) is 0 Å². The zero-order valence-electron chi connectivity index (χ0n) is 10.1. The molecule has 0 radical (unpaired) electrons. The summed E-state index contributed by atoms with van der Waals surface area (Å²) in [6.07, 6.45) is 5.83. The van der Waals surface area contributed by atoms with Crippen LogP contribution >= 0.6 is 0 Å². The van der Waals surface area contributed by atoms with E-state index < -0.39 is 0 Å². The molecule has 1 N–H and O–H groups in total. The number of hydrogen-bond acceptors (Lipinski definition) is 2. The molecule has 1 rings (SSSR count). The van der Waals surface area contributed by atoms with Gasteiger partial charge in [0.2, 0.25) is 0 Å². The summed E-state index contributed by atoms with van der Waals surface area (Å²) < 4.78 is 0. The average Bonchev–Trinajstić information content (AvgIpc) is 2.27. The maximum atomic E-state index is 8.72. The number of allylic oxidation sites excluding steroid dienone is 2. The third-order valence-electron chi connectivity index (χ3n) is 2.36. The van der Waals surface area contributed by atoms with Crippen LogP contribution in [-0.2, 0) is 0 Å². The topological polar surface area (TPSA) is 23.5 Å². The number of nitrogens with zero attached hydrogens (tertiary/aromatic N) is 1. The van der Waals surface area contributed by atoms with Gasteiger partial charge in [0.15, 0.2) is 0 Å². The molecule has 1 aromatic carbocycles. The standard InChI is InChI=1S/C14H19NO/c1-12(10-11-16)4-5-13-6-8-14(9-7-13)15(2)3/h4-10,16H,11H2,1-3H3/b5-4+,12-10+. The maximum absolute atomic E-state index is 8.72. The third kappa shape index (κ3) is 3.91. The summed E-state index contributed by atoms with van der Waals surface area (Å²) >= 11 is 0. The Labute approximate surface area is 97.5 Å². The molecular formula is C14H19NO. The summed E-state index contributed by atoms with van der Waals surface area (Å²) in [6.45, 7) is 2.07. The zero-order chi connectivity index (χ0) is 12.0. The van der Waals surface area contributed by atoms with Crippen molar-refractivity contribution in [1.82, 2.24) is 0 Å².